The Balaban J connectivity index is 2.40. The van der Waals surface area contributed by atoms with Gasteiger partial charge in [-0.1, -0.05) is 0 Å². The summed E-state index contributed by atoms with van der Waals surface area (Å²) in [4.78, 5) is -0.545. The lowest BCUT2D eigenvalue weighted by molar-refractivity contribution is 0.0571. The number of methoxy groups -OCH3 is 1. The summed E-state index contributed by atoms with van der Waals surface area (Å²) >= 11 is 5.48. The van der Waals surface area contributed by atoms with Crippen LogP contribution < -0.4 is 0 Å². The van der Waals surface area contributed by atoms with Gasteiger partial charge < -0.3 is 4.74 Å². The molecular weight excluding hydrogens is 324 g/mol. The average Bonchev–Trinajstić information content (AvgIpc) is 2.47. The molecular formula is C13H16ClF2NO3S. The lowest BCUT2D eigenvalue weighted by Crippen LogP contribution is -2.43. The number of alkyl halides is 1. The van der Waals surface area contributed by atoms with Gasteiger partial charge in [-0.3, -0.25) is 0 Å². The molecule has 118 valence electrons. The van der Waals surface area contributed by atoms with Gasteiger partial charge >= 0.3 is 0 Å². The number of ether oxygens (including phenoxy) is 1. The minimum absolute atomic E-state index is 0.159. The molecule has 1 unspecified atom stereocenters. The van der Waals surface area contributed by atoms with E-state index in [0.29, 0.717) is 6.42 Å². The van der Waals surface area contributed by atoms with Gasteiger partial charge in [0.25, 0.3) is 0 Å². The van der Waals surface area contributed by atoms with Crippen molar-refractivity contribution in [2.75, 3.05) is 20.2 Å². The fourth-order valence-electron chi connectivity index (χ4n) is 2.35. The van der Waals surface area contributed by atoms with E-state index in [1.807, 2.05) is 0 Å². The summed E-state index contributed by atoms with van der Waals surface area (Å²) in [5.74, 6) is -2.40. The van der Waals surface area contributed by atoms with Crippen LogP contribution in [-0.4, -0.2) is 39.0 Å². The van der Waals surface area contributed by atoms with Crippen LogP contribution in [0, 0.1) is 11.6 Å². The predicted molar refractivity (Wildman–Crippen MR) is 74.7 cm³/mol. The van der Waals surface area contributed by atoms with Crippen LogP contribution in [0.5, 0.6) is 0 Å². The van der Waals surface area contributed by atoms with E-state index in [4.69, 9.17) is 16.3 Å². The highest BCUT2D eigenvalue weighted by atomic mass is 35.5. The normalized spacial score (nSPS) is 20.7. The lowest BCUT2D eigenvalue weighted by Gasteiger charge is -2.31. The van der Waals surface area contributed by atoms with Crippen molar-refractivity contribution < 1.29 is 21.9 Å². The summed E-state index contributed by atoms with van der Waals surface area (Å²) in [5, 5.41) is 0. The molecule has 0 amide bonds. The summed E-state index contributed by atoms with van der Waals surface area (Å²) < 4.78 is 59.0. The highest BCUT2D eigenvalue weighted by Crippen LogP contribution is 2.27. The molecule has 1 aromatic rings. The highest BCUT2D eigenvalue weighted by Gasteiger charge is 2.33. The van der Waals surface area contributed by atoms with Crippen molar-refractivity contribution in [1.29, 1.82) is 0 Å². The second-order valence-corrected chi connectivity index (χ2v) is 7.01. The summed E-state index contributed by atoms with van der Waals surface area (Å²) in [6.07, 6.45) is 1.16. The minimum Gasteiger partial charge on any atom is -0.380 e. The molecule has 1 aliphatic heterocycles. The van der Waals surface area contributed by atoms with E-state index in [0.717, 1.165) is 18.6 Å². The molecule has 1 aliphatic rings. The standard InChI is InChI=1S/C13H16ClF2NO3S/c1-20-9-3-2-6-17(8-9)21(18,19)12-5-4-11(15)10(7-14)13(12)16/h4-5,9H,2-3,6-8H2,1H3. The van der Waals surface area contributed by atoms with Gasteiger partial charge in [-0.15, -0.1) is 11.6 Å². The third-order valence-corrected chi connectivity index (χ3v) is 5.73. The van der Waals surface area contributed by atoms with Crippen LogP contribution in [0.25, 0.3) is 0 Å². The molecule has 0 N–H and O–H groups in total. The number of halogens is 3. The molecule has 1 fully saturated rings. The molecule has 0 bridgehead atoms. The molecule has 0 aliphatic carbocycles. The molecule has 8 heteroatoms. The first kappa shape index (κ1) is 16.6. The van der Waals surface area contributed by atoms with Gasteiger partial charge in [0.05, 0.1) is 12.0 Å². The van der Waals surface area contributed by atoms with Crippen molar-refractivity contribution in [3.05, 3.63) is 29.3 Å². The maximum absolute atomic E-state index is 14.2. The number of hydrogen-bond donors (Lipinski definition) is 0. The van der Waals surface area contributed by atoms with Crippen molar-refractivity contribution in [3.8, 4) is 0 Å². The molecule has 21 heavy (non-hydrogen) atoms. The Kier molecular flexibility index (Phi) is 5.19. The maximum atomic E-state index is 14.2. The first-order valence-electron chi connectivity index (χ1n) is 6.47. The first-order valence-corrected chi connectivity index (χ1v) is 8.45. The van der Waals surface area contributed by atoms with E-state index in [-0.39, 0.29) is 19.2 Å². The molecule has 0 aromatic heterocycles. The Morgan fingerprint density at radius 1 is 1.43 bits per heavy atom. The molecule has 1 aromatic carbocycles. The Bertz CT molecular complexity index is 624. The number of nitrogens with zero attached hydrogens (tertiary/aromatic N) is 1. The zero-order valence-corrected chi connectivity index (χ0v) is 13.1. The van der Waals surface area contributed by atoms with Crippen molar-refractivity contribution in [1.82, 2.24) is 4.31 Å². The van der Waals surface area contributed by atoms with Crippen LogP contribution in [0.4, 0.5) is 8.78 Å². The van der Waals surface area contributed by atoms with Crippen LogP contribution in [0.1, 0.15) is 18.4 Å². The quantitative estimate of drug-likeness (QED) is 0.792. The van der Waals surface area contributed by atoms with Crippen LogP contribution in [0.15, 0.2) is 17.0 Å². The maximum Gasteiger partial charge on any atom is 0.246 e. The predicted octanol–water partition coefficient (Wildman–Crippen LogP) is 2.50. The second-order valence-electron chi connectivity index (χ2n) is 4.83. The van der Waals surface area contributed by atoms with Gasteiger partial charge in [-0.25, -0.2) is 17.2 Å². The SMILES string of the molecule is COC1CCCN(S(=O)(=O)c2ccc(F)c(CCl)c2F)C1. The lowest BCUT2D eigenvalue weighted by atomic mass is 10.1. The minimum atomic E-state index is -4.03. The molecule has 0 radical (unpaired) electrons. The molecule has 2 rings (SSSR count). The molecule has 1 saturated heterocycles. The van der Waals surface area contributed by atoms with Crippen LogP contribution in [0.2, 0.25) is 0 Å². The fraction of sp³-hybridized carbons (Fsp3) is 0.538. The largest absolute Gasteiger partial charge is 0.380 e. The molecule has 1 heterocycles. The third kappa shape index (κ3) is 3.21. The zero-order chi connectivity index (χ0) is 15.6. The van der Waals surface area contributed by atoms with Crippen molar-refractivity contribution in [3.63, 3.8) is 0 Å². The number of benzene rings is 1. The van der Waals surface area contributed by atoms with Crippen LogP contribution in [-0.2, 0) is 20.6 Å². The first-order chi connectivity index (χ1) is 9.91. The van der Waals surface area contributed by atoms with Gasteiger partial charge in [-0.05, 0) is 25.0 Å². The number of sulfonamides is 1. The van der Waals surface area contributed by atoms with E-state index in [1.54, 1.807) is 0 Å². The third-order valence-electron chi connectivity index (χ3n) is 3.58. The summed E-state index contributed by atoms with van der Waals surface area (Å²) in [7, 11) is -2.53. The number of hydrogen-bond acceptors (Lipinski definition) is 3. The van der Waals surface area contributed by atoms with Crippen LogP contribution in [0.3, 0.4) is 0 Å². The van der Waals surface area contributed by atoms with Gasteiger partial charge in [0, 0.05) is 25.8 Å². The Labute approximate surface area is 127 Å². The molecule has 0 saturated carbocycles. The van der Waals surface area contributed by atoms with Gasteiger partial charge in [0.1, 0.15) is 10.7 Å². The highest BCUT2D eigenvalue weighted by molar-refractivity contribution is 7.89. The fourth-order valence-corrected chi connectivity index (χ4v) is 4.20. The Hall–Kier alpha value is -0.760. The number of piperidine rings is 1. The van der Waals surface area contributed by atoms with Gasteiger partial charge in [0.2, 0.25) is 10.0 Å². The van der Waals surface area contributed by atoms with E-state index < -0.39 is 38.0 Å². The van der Waals surface area contributed by atoms with E-state index >= 15 is 0 Å². The second kappa shape index (κ2) is 6.56. The smallest absolute Gasteiger partial charge is 0.246 e. The topological polar surface area (TPSA) is 46.6 Å². The van der Waals surface area contributed by atoms with Gasteiger partial charge in [0.15, 0.2) is 5.82 Å². The molecule has 1 atom stereocenters. The van der Waals surface area contributed by atoms with E-state index in [1.165, 1.54) is 11.4 Å². The number of rotatable bonds is 4. The van der Waals surface area contributed by atoms with Crippen molar-refractivity contribution in [2.24, 2.45) is 0 Å². The summed E-state index contributed by atoms with van der Waals surface area (Å²) in [5.41, 5.74) is -0.432. The van der Waals surface area contributed by atoms with Gasteiger partial charge in [-0.2, -0.15) is 4.31 Å². The van der Waals surface area contributed by atoms with E-state index in [9.17, 15) is 17.2 Å². The zero-order valence-electron chi connectivity index (χ0n) is 11.5. The summed E-state index contributed by atoms with van der Waals surface area (Å²) in [6, 6.07) is 1.86. The molecule has 4 nitrogen and oxygen atoms in total. The average molecular weight is 340 g/mol. The van der Waals surface area contributed by atoms with Crippen molar-refractivity contribution in [2.45, 2.75) is 29.7 Å². The van der Waals surface area contributed by atoms with Crippen LogP contribution >= 0.6 is 11.6 Å². The summed E-state index contributed by atoms with van der Waals surface area (Å²) in [6.45, 7) is 0.446. The Morgan fingerprint density at radius 3 is 2.76 bits per heavy atom. The molecule has 0 spiro atoms. The van der Waals surface area contributed by atoms with E-state index in [2.05, 4.69) is 0 Å². The Morgan fingerprint density at radius 2 is 2.14 bits per heavy atom. The monoisotopic (exact) mass is 339 g/mol. The van der Waals surface area contributed by atoms with Crippen molar-refractivity contribution >= 4 is 21.6 Å².